The molecule has 0 fully saturated rings. The summed E-state index contributed by atoms with van der Waals surface area (Å²) in [7, 11) is 0. The van der Waals surface area contributed by atoms with Crippen LogP contribution >= 0.6 is 0 Å². The average Bonchev–Trinajstić information content (AvgIpc) is 3.33. The van der Waals surface area contributed by atoms with E-state index in [1.807, 2.05) is 6.07 Å². The van der Waals surface area contributed by atoms with E-state index in [1.54, 1.807) is 81.6 Å². The second-order valence-corrected chi connectivity index (χ2v) is 9.06. The van der Waals surface area contributed by atoms with Crippen molar-refractivity contribution in [3.63, 3.8) is 0 Å². The lowest BCUT2D eigenvalue weighted by Crippen LogP contribution is -2.17. The molecule has 0 spiro atoms. The van der Waals surface area contributed by atoms with Gasteiger partial charge in [0.05, 0.1) is 30.2 Å². The molecule has 2 aromatic heterocycles. The Kier molecular flexibility index (Phi) is 7.72. The van der Waals surface area contributed by atoms with Crippen molar-refractivity contribution in [1.82, 2.24) is 14.6 Å². The van der Waals surface area contributed by atoms with Crippen LogP contribution in [0.15, 0.2) is 91.5 Å². The fourth-order valence-corrected chi connectivity index (χ4v) is 3.47. The Labute approximate surface area is 225 Å². The Bertz CT molecular complexity index is 1630. The predicted molar refractivity (Wildman–Crippen MR) is 146 cm³/mol. The maximum absolute atomic E-state index is 12.9. The van der Waals surface area contributed by atoms with Crippen molar-refractivity contribution >= 4 is 29.1 Å². The highest BCUT2D eigenvalue weighted by atomic mass is 16.5. The molecule has 0 aliphatic carbocycles. The lowest BCUT2D eigenvalue weighted by Gasteiger charge is -2.16. The number of nitriles is 1. The van der Waals surface area contributed by atoms with E-state index in [4.69, 9.17) is 9.47 Å². The first-order chi connectivity index (χ1) is 18.7. The van der Waals surface area contributed by atoms with Crippen LogP contribution in [-0.2, 0) is 14.9 Å². The summed E-state index contributed by atoms with van der Waals surface area (Å²) in [4.78, 5) is 29.4. The minimum atomic E-state index is -0.710. The van der Waals surface area contributed by atoms with E-state index >= 15 is 0 Å². The third-order valence-corrected chi connectivity index (χ3v) is 5.68. The van der Waals surface area contributed by atoms with Crippen molar-refractivity contribution in [2.45, 2.75) is 26.2 Å². The summed E-state index contributed by atoms with van der Waals surface area (Å²) in [5, 5.41) is 19.1. The average molecular weight is 523 g/mol. The molecule has 39 heavy (non-hydrogen) atoms. The zero-order valence-electron chi connectivity index (χ0n) is 21.6. The minimum absolute atomic E-state index is 0.121. The van der Waals surface area contributed by atoms with Gasteiger partial charge in [-0.2, -0.15) is 10.2 Å². The highest BCUT2D eigenvalue weighted by Crippen LogP contribution is 2.26. The van der Waals surface area contributed by atoms with Crippen LogP contribution < -0.4 is 15.4 Å². The second kappa shape index (κ2) is 11.3. The first kappa shape index (κ1) is 26.6. The maximum Gasteiger partial charge on any atom is 0.256 e. The zero-order valence-corrected chi connectivity index (χ0v) is 21.6. The normalized spacial score (nSPS) is 11.4. The van der Waals surface area contributed by atoms with Crippen molar-refractivity contribution in [3.8, 4) is 17.6 Å². The third kappa shape index (κ3) is 6.47. The largest absolute Gasteiger partial charge is 0.473 e. The lowest BCUT2D eigenvalue weighted by molar-refractivity contribution is -0.113. The molecule has 10 nitrogen and oxygen atoms in total. The van der Waals surface area contributed by atoms with Gasteiger partial charge < -0.3 is 14.8 Å². The fraction of sp³-hybridized carbons (Fsp3) is 0.138. The highest BCUT2D eigenvalue weighted by Gasteiger charge is 2.21. The Morgan fingerprint density at radius 3 is 2.64 bits per heavy atom. The monoisotopic (exact) mass is 522 g/mol. The Balaban J connectivity index is 1.45. The van der Waals surface area contributed by atoms with Gasteiger partial charge in [-0.1, -0.05) is 24.8 Å². The van der Waals surface area contributed by atoms with Gasteiger partial charge in [-0.3, -0.25) is 14.9 Å². The molecule has 0 aliphatic rings. The van der Waals surface area contributed by atoms with Gasteiger partial charge in [0.1, 0.15) is 11.5 Å². The number of nitrogens with zero attached hydrogens (tertiary/aromatic N) is 4. The molecule has 4 aromatic rings. The molecule has 0 atom stereocenters. The summed E-state index contributed by atoms with van der Waals surface area (Å²) >= 11 is 0. The number of carbonyl (C=O) groups is 2. The van der Waals surface area contributed by atoms with E-state index in [0.29, 0.717) is 34.0 Å². The summed E-state index contributed by atoms with van der Waals surface area (Å²) in [5.41, 5.74) is 1.86. The molecule has 0 unspecified atom stereocenters. The summed E-state index contributed by atoms with van der Waals surface area (Å²) in [6.07, 6.45) is 4.10. The molecule has 2 aromatic carbocycles. The number of fused-ring (bicyclic) bond motifs is 1. The van der Waals surface area contributed by atoms with Gasteiger partial charge in [0.2, 0.25) is 5.95 Å². The van der Waals surface area contributed by atoms with Crippen LogP contribution in [-0.4, -0.2) is 26.4 Å². The highest BCUT2D eigenvalue weighted by molar-refractivity contribution is 6.04. The van der Waals surface area contributed by atoms with Crippen LogP contribution in [0.5, 0.6) is 11.5 Å². The predicted octanol–water partition coefficient (Wildman–Crippen LogP) is 5.58. The molecule has 0 saturated carbocycles. The molecule has 0 aliphatic heterocycles. The minimum Gasteiger partial charge on any atom is -0.473 e. The van der Waals surface area contributed by atoms with Gasteiger partial charge in [-0.25, -0.2) is 4.52 Å². The van der Waals surface area contributed by atoms with Crippen LogP contribution in [0.1, 0.15) is 36.7 Å². The van der Waals surface area contributed by atoms with Crippen molar-refractivity contribution < 1.29 is 19.1 Å². The Hall–Kier alpha value is -5.43. The molecule has 10 heteroatoms. The van der Waals surface area contributed by atoms with Crippen LogP contribution in [0.2, 0.25) is 0 Å². The number of benzene rings is 2. The summed E-state index contributed by atoms with van der Waals surface area (Å²) < 4.78 is 12.3. The second-order valence-electron chi connectivity index (χ2n) is 9.06. The molecule has 4 rings (SSSR count). The number of hydrogen-bond acceptors (Lipinski definition) is 7. The number of carbonyl (C=O) groups excluding carboxylic acids is 2. The van der Waals surface area contributed by atoms with Crippen molar-refractivity contribution in [2.24, 2.45) is 0 Å². The molecule has 196 valence electrons. The number of rotatable bonds is 9. The SMILES string of the molecule is C=CO/C=C(\C)C(=O)Nc1nc2ccc(Oc3cccc(NC(=O)c4cccc(C(C)(C)C#N)c4)c3)cn2n1. The number of aromatic nitrogens is 3. The maximum atomic E-state index is 12.9. The topological polar surface area (TPSA) is 131 Å². The van der Waals surface area contributed by atoms with Crippen LogP contribution in [0.25, 0.3) is 5.65 Å². The van der Waals surface area contributed by atoms with Gasteiger partial charge in [-0.15, -0.1) is 5.10 Å². The van der Waals surface area contributed by atoms with Crippen molar-refractivity contribution in [3.05, 3.63) is 103 Å². The summed E-state index contributed by atoms with van der Waals surface area (Å²) in [6, 6.07) is 19.6. The van der Waals surface area contributed by atoms with Gasteiger partial charge in [0.25, 0.3) is 11.8 Å². The first-order valence-corrected chi connectivity index (χ1v) is 11.9. The van der Waals surface area contributed by atoms with E-state index in [2.05, 4.69) is 33.4 Å². The number of nitrogens with one attached hydrogen (secondary N) is 2. The van der Waals surface area contributed by atoms with Gasteiger partial charge in [-0.05, 0) is 62.7 Å². The van der Waals surface area contributed by atoms with Gasteiger partial charge >= 0.3 is 0 Å². The lowest BCUT2D eigenvalue weighted by atomic mass is 9.85. The molecule has 2 heterocycles. The van der Waals surface area contributed by atoms with Crippen molar-refractivity contribution in [1.29, 1.82) is 5.26 Å². The van der Waals surface area contributed by atoms with E-state index in [9.17, 15) is 14.9 Å². The zero-order chi connectivity index (χ0) is 28.0. The smallest absolute Gasteiger partial charge is 0.256 e. The fourth-order valence-electron chi connectivity index (χ4n) is 3.47. The molecule has 2 amide bonds. The molecular weight excluding hydrogens is 496 g/mol. The van der Waals surface area contributed by atoms with E-state index in [0.717, 1.165) is 5.56 Å². The summed E-state index contributed by atoms with van der Waals surface area (Å²) in [6.45, 7) is 8.61. The molecule has 0 saturated heterocycles. The van der Waals surface area contributed by atoms with Crippen molar-refractivity contribution in [2.75, 3.05) is 10.6 Å². The van der Waals surface area contributed by atoms with E-state index in [-0.39, 0.29) is 11.9 Å². The molecule has 0 radical (unpaired) electrons. The molecule has 2 N–H and O–H groups in total. The van der Waals surface area contributed by atoms with Gasteiger partial charge in [0, 0.05) is 22.9 Å². The number of anilines is 2. The molecule has 0 bridgehead atoms. The quantitative estimate of drug-likeness (QED) is 0.217. The Morgan fingerprint density at radius 2 is 1.87 bits per heavy atom. The summed E-state index contributed by atoms with van der Waals surface area (Å²) in [5.74, 6) is 0.361. The van der Waals surface area contributed by atoms with E-state index in [1.165, 1.54) is 17.0 Å². The number of pyridine rings is 1. The third-order valence-electron chi connectivity index (χ3n) is 5.68. The van der Waals surface area contributed by atoms with Crippen LogP contribution in [0.3, 0.4) is 0 Å². The van der Waals surface area contributed by atoms with Crippen LogP contribution in [0, 0.1) is 11.3 Å². The number of amides is 2. The number of hydrogen-bond donors (Lipinski definition) is 2. The van der Waals surface area contributed by atoms with E-state index < -0.39 is 11.3 Å². The number of ether oxygens (including phenoxy) is 2. The van der Waals surface area contributed by atoms with Gasteiger partial charge in [0.15, 0.2) is 5.65 Å². The first-order valence-electron chi connectivity index (χ1n) is 11.9. The molecular formula is C29H26N6O4. The van der Waals surface area contributed by atoms with Crippen LogP contribution in [0.4, 0.5) is 11.6 Å². The Morgan fingerprint density at radius 1 is 1.08 bits per heavy atom. The standard InChI is InChI=1S/C29H26N6O4/c1-5-38-17-19(2)26(36)33-28-32-25-13-12-24(16-35(25)34-28)39-23-11-7-10-22(15-23)31-27(37)20-8-6-9-21(14-20)29(3,4)18-30/h5-17H,1H2,2-4H3,(H,31,37)(H,33,34,36)/b19-17+.